The topological polar surface area (TPSA) is 75.5 Å². The van der Waals surface area contributed by atoms with E-state index in [1.54, 1.807) is 22.7 Å². The number of aryl methyl sites for hydroxylation is 2. The van der Waals surface area contributed by atoms with Gasteiger partial charge in [-0.3, -0.25) is 24.0 Å². The van der Waals surface area contributed by atoms with Gasteiger partial charge < -0.3 is 4.90 Å². The first kappa shape index (κ1) is 12.8. The lowest BCUT2D eigenvalue weighted by molar-refractivity contribution is -0.144. The summed E-state index contributed by atoms with van der Waals surface area (Å²) >= 11 is 0. The largest absolute Gasteiger partial charge is 0.333 e. The summed E-state index contributed by atoms with van der Waals surface area (Å²) in [5.41, 5.74) is 1.32. The zero-order chi connectivity index (χ0) is 14.4. The minimum Gasteiger partial charge on any atom is -0.333 e. The van der Waals surface area contributed by atoms with Crippen LogP contribution >= 0.6 is 0 Å². The predicted molar refractivity (Wildman–Crippen MR) is 68.7 cm³/mol. The summed E-state index contributed by atoms with van der Waals surface area (Å²) in [6, 6.07) is 1.58. The third-order valence-electron chi connectivity index (χ3n) is 3.83. The molecular weight excluding hydrogens is 260 g/mol. The highest BCUT2D eigenvalue weighted by Gasteiger charge is 2.43. The zero-order valence-corrected chi connectivity index (χ0v) is 11.5. The Labute approximate surface area is 116 Å². The summed E-state index contributed by atoms with van der Waals surface area (Å²) in [7, 11) is 1.73. The molecule has 2 fully saturated rings. The van der Waals surface area contributed by atoms with E-state index in [1.807, 2.05) is 6.92 Å². The number of hydrogen-bond acceptors (Lipinski definition) is 4. The van der Waals surface area contributed by atoms with E-state index in [1.165, 1.54) is 4.90 Å². The van der Waals surface area contributed by atoms with Gasteiger partial charge in [-0.2, -0.15) is 5.10 Å². The number of imide groups is 1. The minimum atomic E-state index is -0.157. The molecule has 7 nitrogen and oxygen atoms in total. The molecule has 106 valence electrons. The summed E-state index contributed by atoms with van der Waals surface area (Å²) in [6.07, 6.45) is 0.592. The van der Waals surface area contributed by atoms with Gasteiger partial charge in [0.05, 0.1) is 11.7 Å². The molecule has 20 heavy (non-hydrogen) atoms. The van der Waals surface area contributed by atoms with E-state index in [4.69, 9.17) is 0 Å². The van der Waals surface area contributed by atoms with Gasteiger partial charge in [0.25, 0.3) is 5.91 Å². The molecule has 0 N–H and O–H groups in total. The van der Waals surface area contributed by atoms with Crippen LogP contribution in [0.1, 0.15) is 29.0 Å². The van der Waals surface area contributed by atoms with E-state index < -0.39 is 0 Å². The van der Waals surface area contributed by atoms with Gasteiger partial charge >= 0.3 is 0 Å². The molecule has 0 radical (unpaired) electrons. The molecule has 2 aliphatic heterocycles. The zero-order valence-electron chi connectivity index (χ0n) is 11.5. The van der Waals surface area contributed by atoms with E-state index in [-0.39, 0.29) is 23.8 Å². The molecule has 7 heteroatoms. The van der Waals surface area contributed by atoms with Crippen molar-refractivity contribution in [1.29, 1.82) is 0 Å². The Morgan fingerprint density at radius 2 is 1.85 bits per heavy atom. The molecular formula is C13H16N4O3. The summed E-state index contributed by atoms with van der Waals surface area (Å²) in [4.78, 5) is 38.4. The first-order chi connectivity index (χ1) is 9.47. The van der Waals surface area contributed by atoms with Crippen molar-refractivity contribution in [2.45, 2.75) is 25.8 Å². The van der Waals surface area contributed by atoms with Crippen LogP contribution in [0, 0.1) is 6.92 Å². The molecule has 2 aliphatic rings. The summed E-state index contributed by atoms with van der Waals surface area (Å²) in [6.45, 7) is 2.67. The van der Waals surface area contributed by atoms with E-state index in [9.17, 15) is 14.4 Å². The second kappa shape index (κ2) is 4.43. The molecule has 0 aromatic carbocycles. The number of carbonyl (C=O) groups excluding carboxylic acids is 3. The van der Waals surface area contributed by atoms with Crippen molar-refractivity contribution in [2.24, 2.45) is 7.05 Å². The van der Waals surface area contributed by atoms with E-state index in [0.29, 0.717) is 31.6 Å². The van der Waals surface area contributed by atoms with Crippen molar-refractivity contribution in [1.82, 2.24) is 19.6 Å². The fourth-order valence-corrected chi connectivity index (χ4v) is 2.76. The lowest BCUT2D eigenvalue weighted by atomic mass is 10.1. The highest BCUT2D eigenvalue weighted by Crippen LogP contribution is 2.23. The molecule has 0 bridgehead atoms. The van der Waals surface area contributed by atoms with Gasteiger partial charge in [-0.05, 0) is 13.0 Å². The average molecular weight is 276 g/mol. The Bertz CT molecular complexity index is 585. The molecule has 0 aliphatic carbocycles. The molecule has 3 rings (SSSR count). The second-order valence-corrected chi connectivity index (χ2v) is 5.32. The van der Waals surface area contributed by atoms with Gasteiger partial charge in [0.15, 0.2) is 0 Å². The van der Waals surface area contributed by atoms with E-state index >= 15 is 0 Å². The predicted octanol–water partition coefficient (Wildman–Crippen LogP) is -0.298. The van der Waals surface area contributed by atoms with Crippen LogP contribution in [0.4, 0.5) is 0 Å². The maximum absolute atomic E-state index is 12.3. The normalized spacial score (nSPS) is 19.7. The SMILES string of the molecule is Cc1cc(C(=O)N2CC(N3C(=O)CCC3=O)C2)n(C)n1. The van der Waals surface area contributed by atoms with Crippen molar-refractivity contribution in [3.8, 4) is 0 Å². The third-order valence-corrected chi connectivity index (χ3v) is 3.83. The van der Waals surface area contributed by atoms with Crippen LogP contribution < -0.4 is 0 Å². The number of likely N-dealkylation sites (tertiary alicyclic amines) is 2. The molecule has 1 aromatic heterocycles. The van der Waals surface area contributed by atoms with Crippen molar-refractivity contribution < 1.29 is 14.4 Å². The van der Waals surface area contributed by atoms with Crippen molar-refractivity contribution >= 4 is 17.7 Å². The standard InChI is InChI=1S/C13H16N4O3/c1-8-5-10(15(2)14-8)13(20)16-6-9(7-16)17-11(18)3-4-12(17)19/h5,9H,3-4,6-7H2,1-2H3. The highest BCUT2D eigenvalue weighted by molar-refractivity contribution is 6.02. The van der Waals surface area contributed by atoms with Crippen LogP contribution in [0.2, 0.25) is 0 Å². The Kier molecular flexibility index (Phi) is 2.84. The number of aromatic nitrogens is 2. The van der Waals surface area contributed by atoms with Gasteiger partial charge in [0, 0.05) is 33.0 Å². The lowest BCUT2D eigenvalue weighted by Crippen LogP contribution is -2.62. The Morgan fingerprint density at radius 1 is 1.25 bits per heavy atom. The number of carbonyl (C=O) groups is 3. The second-order valence-electron chi connectivity index (χ2n) is 5.32. The lowest BCUT2D eigenvalue weighted by Gasteiger charge is -2.42. The number of nitrogens with zero attached hydrogens (tertiary/aromatic N) is 4. The molecule has 0 spiro atoms. The minimum absolute atomic E-state index is 0.108. The maximum atomic E-state index is 12.3. The first-order valence-electron chi connectivity index (χ1n) is 6.62. The first-order valence-corrected chi connectivity index (χ1v) is 6.62. The quantitative estimate of drug-likeness (QED) is 0.695. The average Bonchev–Trinajstić information content (AvgIpc) is 2.83. The molecule has 3 heterocycles. The number of amides is 3. The molecule has 0 atom stereocenters. The van der Waals surface area contributed by atoms with Gasteiger partial charge in [0.1, 0.15) is 5.69 Å². The summed E-state index contributed by atoms with van der Waals surface area (Å²) in [5.74, 6) is -0.351. The number of rotatable bonds is 2. The Morgan fingerprint density at radius 3 is 2.35 bits per heavy atom. The Balaban J connectivity index is 1.66. The fraction of sp³-hybridized carbons (Fsp3) is 0.538. The third kappa shape index (κ3) is 1.90. The van der Waals surface area contributed by atoms with Crippen LogP contribution in [0.3, 0.4) is 0 Å². The highest BCUT2D eigenvalue weighted by atomic mass is 16.2. The van der Waals surface area contributed by atoms with E-state index in [0.717, 1.165) is 5.69 Å². The molecule has 0 saturated carbocycles. The molecule has 2 saturated heterocycles. The van der Waals surface area contributed by atoms with Crippen molar-refractivity contribution in [3.05, 3.63) is 17.5 Å². The molecule has 1 aromatic rings. The monoisotopic (exact) mass is 276 g/mol. The van der Waals surface area contributed by atoms with Crippen LogP contribution in [0.25, 0.3) is 0 Å². The van der Waals surface area contributed by atoms with Gasteiger partial charge in [-0.15, -0.1) is 0 Å². The summed E-state index contributed by atoms with van der Waals surface area (Å²) < 4.78 is 1.55. The Hall–Kier alpha value is -2.18. The number of hydrogen-bond donors (Lipinski definition) is 0. The fourth-order valence-electron chi connectivity index (χ4n) is 2.76. The van der Waals surface area contributed by atoms with E-state index in [2.05, 4.69) is 5.10 Å². The smallest absolute Gasteiger partial charge is 0.272 e. The van der Waals surface area contributed by atoms with Gasteiger partial charge in [-0.1, -0.05) is 0 Å². The van der Waals surface area contributed by atoms with Crippen LogP contribution in [0.5, 0.6) is 0 Å². The summed E-state index contributed by atoms with van der Waals surface area (Å²) in [5, 5.41) is 4.14. The molecule has 3 amide bonds. The van der Waals surface area contributed by atoms with Crippen LogP contribution in [-0.2, 0) is 16.6 Å². The van der Waals surface area contributed by atoms with Crippen LogP contribution in [-0.4, -0.2) is 56.4 Å². The van der Waals surface area contributed by atoms with Gasteiger partial charge in [-0.25, -0.2) is 0 Å². The van der Waals surface area contributed by atoms with Crippen molar-refractivity contribution in [3.63, 3.8) is 0 Å². The van der Waals surface area contributed by atoms with Gasteiger partial charge in [0.2, 0.25) is 11.8 Å². The van der Waals surface area contributed by atoms with Crippen molar-refractivity contribution in [2.75, 3.05) is 13.1 Å². The molecule has 0 unspecified atom stereocenters. The van der Waals surface area contributed by atoms with Crippen LogP contribution in [0.15, 0.2) is 6.07 Å². The maximum Gasteiger partial charge on any atom is 0.272 e.